The predicted molar refractivity (Wildman–Crippen MR) is 77.8 cm³/mol. The SMILES string of the molecule is CC(C)Cn1cc(CN2Cc3nncn3CC2C(=O)O)cn1. The molecule has 0 bridgehead atoms. The summed E-state index contributed by atoms with van der Waals surface area (Å²) in [6.07, 6.45) is 5.38. The molecule has 2 aromatic heterocycles. The second-order valence-corrected chi connectivity index (χ2v) is 6.12. The number of aliphatic carboxylic acids is 1. The summed E-state index contributed by atoms with van der Waals surface area (Å²) >= 11 is 0. The highest BCUT2D eigenvalue weighted by atomic mass is 16.4. The molecule has 0 aromatic carbocycles. The average molecular weight is 304 g/mol. The Morgan fingerprint density at radius 3 is 3.05 bits per heavy atom. The maximum Gasteiger partial charge on any atom is 0.322 e. The molecule has 8 nitrogen and oxygen atoms in total. The number of aromatic nitrogens is 5. The van der Waals surface area contributed by atoms with Gasteiger partial charge >= 0.3 is 5.97 Å². The van der Waals surface area contributed by atoms with Crippen LogP contribution in [0.4, 0.5) is 0 Å². The molecule has 0 radical (unpaired) electrons. The Morgan fingerprint density at radius 2 is 2.32 bits per heavy atom. The van der Waals surface area contributed by atoms with Crippen LogP contribution in [0, 0.1) is 5.92 Å². The fraction of sp³-hybridized carbons (Fsp3) is 0.571. The van der Waals surface area contributed by atoms with Crippen molar-refractivity contribution in [2.75, 3.05) is 0 Å². The molecule has 118 valence electrons. The van der Waals surface area contributed by atoms with E-state index in [0.717, 1.165) is 17.9 Å². The number of hydrogen-bond donors (Lipinski definition) is 1. The van der Waals surface area contributed by atoms with Gasteiger partial charge in [0.25, 0.3) is 0 Å². The number of carbonyl (C=O) groups is 1. The smallest absolute Gasteiger partial charge is 0.322 e. The first-order valence-corrected chi connectivity index (χ1v) is 7.38. The molecule has 1 unspecified atom stereocenters. The standard InChI is InChI=1S/C14H20N6O2/c1-10(2)4-20-6-11(3-16-20)5-18-8-13-17-15-9-19(13)7-12(18)14(21)22/h3,6,9-10,12H,4-5,7-8H2,1-2H3,(H,21,22). The van der Waals surface area contributed by atoms with E-state index in [2.05, 4.69) is 29.1 Å². The first kappa shape index (κ1) is 14.7. The number of fused-ring (bicyclic) bond motifs is 1. The maximum absolute atomic E-state index is 11.5. The molecule has 1 aliphatic rings. The van der Waals surface area contributed by atoms with Crippen LogP contribution in [-0.4, -0.2) is 46.6 Å². The second kappa shape index (κ2) is 5.88. The van der Waals surface area contributed by atoms with Crippen molar-refractivity contribution in [3.05, 3.63) is 30.1 Å². The highest BCUT2D eigenvalue weighted by Gasteiger charge is 2.32. The summed E-state index contributed by atoms with van der Waals surface area (Å²) in [7, 11) is 0. The zero-order valence-electron chi connectivity index (χ0n) is 12.8. The van der Waals surface area contributed by atoms with Crippen molar-refractivity contribution in [3.63, 3.8) is 0 Å². The van der Waals surface area contributed by atoms with E-state index in [9.17, 15) is 9.90 Å². The lowest BCUT2D eigenvalue weighted by molar-refractivity contribution is -0.145. The zero-order valence-corrected chi connectivity index (χ0v) is 12.8. The molecule has 1 aliphatic heterocycles. The lowest BCUT2D eigenvalue weighted by Gasteiger charge is -2.32. The van der Waals surface area contributed by atoms with E-state index < -0.39 is 12.0 Å². The largest absolute Gasteiger partial charge is 0.480 e. The van der Waals surface area contributed by atoms with Gasteiger partial charge in [0.15, 0.2) is 0 Å². The molecule has 0 amide bonds. The van der Waals surface area contributed by atoms with Crippen molar-refractivity contribution in [1.82, 2.24) is 29.4 Å². The number of nitrogens with zero attached hydrogens (tertiary/aromatic N) is 6. The average Bonchev–Trinajstić information content (AvgIpc) is 3.06. The summed E-state index contributed by atoms with van der Waals surface area (Å²) in [6.45, 7) is 6.53. The molecule has 3 rings (SSSR count). The third-order valence-corrected chi connectivity index (χ3v) is 3.76. The maximum atomic E-state index is 11.5. The van der Waals surface area contributed by atoms with Gasteiger partial charge in [0.1, 0.15) is 18.2 Å². The number of carboxylic acids is 1. The summed E-state index contributed by atoms with van der Waals surface area (Å²) in [5.74, 6) is 0.494. The summed E-state index contributed by atoms with van der Waals surface area (Å²) in [5, 5.41) is 21.7. The molecular weight excluding hydrogens is 284 g/mol. The quantitative estimate of drug-likeness (QED) is 0.870. The van der Waals surface area contributed by atoms with Crippen LogP contribution in [0.1, 0.15) is 25.2 Å². The first-order valence-electron chi connectivity index (χ1n) is 7.38. The Labute approximate surface area is 128 Å². The van der Waals surface area contributed by atoms with Crippen molar-refractivity contribution in [1.29, 1.82) is 0 Å². The fourth-order valence-electron chi connectivity index (χ4n) is 2.74. The van der Waals surface area contributed by atoms with E-state index in [1.807, 2.05) is 15.8 Å². The number of carboxylic acid groups (broad SMARTS) is 1. The Balaban J connectivity index is 1.75. The van der Waals surface area contributed by atoms with E-state index in [-0.39, 0.29) is 0 Å². The normalized spacial score (nSPS) is 18.6. The van der Waals surface area contributed by atoms with Gasteiger partial charge in [-0.15, -0.1) is 10.2 Å². The molecule has 22 heavy (non-hydrogen) atoms. The van der Waals surface area contributed by atoms with E-state index in [0.29, 0.717) is 25.6 Å². The molecule has 0 aliphatic carbocycles. The van der Waals surface area contributed by atoms with Gasteiger partial charge in [-0.3, -0.25) is 14.4 Å². The van der Waals surface area contributed by atoms with Gasteiger partial charge in [0.2, 0.25) is 0 Å². The van der Waals surface area contributed by atoms with Crippen LogP contribution in [0.2, 0.25) is 0 Å². The Morgan fingerprint density at radius 1 is 1.50 bits per heavy atom. The summed E-state index contributed by atoms with van der Waals surface area (Å²) in [5.41, 5.74) is 1.01. The summed E-state index contributed by atoms with van der Waals surface area (Å²) in [4.78, 5) is 13.4. The minimum atomic E-state index is -0.825. The topological polar surface area (TPSA) is 89.1 Å². The van der Waals surface area contributed by atoms with Crippen molar-refractivity contribution >= 4 is 5.97 Å². The van der Waals surface area contributed by atoms with Gasteiger partial charge in [0.05, 0.1) is 19.3 Å². The molecule has 0 fully saturated rings. The van der Waals surface area contributed by atoms with Crippen LogP contribution in [0.25, 0.3) is 0 Å². The van der Waals surface area contributed by atoms with Gasteiger partial charge in [-0.2, -0.15) is 5.10 Å². The molecule has 1 N–H and O–H groups in total. The van der Waals surface area contributed by atoms with Crippen LogP contribution >= 0.6 is 0 Å². The zero-order chi connectivity index (χ0) is 15.7. The molecule has 0 saturated carbocycles. The van der Waals surface area contributed by atoms with Gasteiger partial charge in [0, 0.05) is 24.8 Å². The van der Waals surface area contributed by atoms with Gasteiger partial charge in [-0.05, 0) is 5.92 Å². The highest BCUT2D eigenvalue weighted by molar-refractivity contribution is 5.73. The summed E-state index contributed by atoms with van der Waals surface area (Å²) in [6, 6.07) is -0.572. The Bertz CT molecular complexity index is 662. The minimum Gasteiger partial charge on any atom is -0.480 e. The van der Waals surface area contributed by atoms with Crippen LogP contribution in [0.15, 0.2) is 18.7 Å². The van der Waals surface area contributed by atoms with Crippen molar-refractivity contribution in [2.45, 2.75) is 46.1 Å². The Hall–Kier alpha value is -2.22. The first-order chi connectivity index (χ1) is 10.5. The van der Waals surface area contributed by atoms with E-state index in [1.54, 1.807) is 17.1 Å². The third-order valence-electron chi connectivity index (χ3n) is 3.76. The number of hydrogen-bond acceptors (Lipinski definition) is 5. The molecule has 8 heteroatoms. The minimum absolute atomic E-state index is 0.373. The van der Waals surface area contributed by atoms with Gasteiger partial charge in [-0.25, -0.2) is 0 Å². The van der Waals surface area contributed by atoms with Gasteiger partial charge < -0.3 is 9.67 Å². The summed E-state index contributed by atoms with van der Waals surface area (Å²) < 4.78 is 3.71. The van der Waals surface area contributed by atoms with Crippen LogP contribution in [0.3, 0.4) is 0 Å². The highest BCUT2D eigenvalue weighted by Crippen LogP contribution is 2.19. The molecule has 2 aromatic rings. The second-order valence-electron chi connectivity index (χ2n) is 6.12. The van der Waals surface area contributed by atoms with E-state index in [4.69, 9.17) is 0 Å². The molecular formula is C14H20N6O2. The Kier molecular flexibility index (Phi) is 3.93. The third kappa shape index (κ3) is 3.01. The van der Waals surface area contributed by atoms with E-state index in [1.165, 1.54) is 0 Å². The lowest BCUT2D eigenvalue weighted by Crippen LogP contribution is -2.47. The monoisotopic (exact) mass is 304 g/mol. The number of rotatable bonds is 5. The van der Waals surface area contributed by atoms with Crippen LogP contribution in [-0.2, 0) is 31.0 Å². The fourth-order valence-corrected chi connectivity index (χ4v) is 2.74. The molecule has 0 spiro atoms. The van der Waals surface area contributed by atoms with E-state index >= 15 is 0 Å². The van der Waals surface area contributed by atoms with Gasteiger partial charge in [-0.1, -0.05) is 13.8 Å². The molecule has 3 heterocycles. The van der Waals surface area contributed by atoms with Crippen molar-refractivity contribution in [2.24, 2.45) is 5.92 Å². The van der Waals surface area contributed by atoms with Crippen LogP contribution < -0.4 is 0 Å². The van der Waals surface area contributed by atoms with Crippen LogP contribution in [0.5, 0.6) is 0 Å². The molecule has 0 saturated heterocycles. The van der Waals surface area contributed by atoms with Crippen molar-refractivity contribution in [3.8, 4) is 0 Å². The van der Waals surface area contributed by atoms with Crippen molar-refractivity contribution < 1.29 is 9.90 Å². The predicted octanol–water partition coefficient (Wildman–Crippen LogP) is 0.600. The lowest BCUT2D eigenvalue weighted by atomic mass is 10.1. The molecule has 1 atom stereocenters.